The number of amides is 7. The molecule has 2 heterocycles. The number of aryl methyl sites for hydroxylation is 1. The van der Waals surface area contributed by atoms with E-state index >= 15 is 0 Å². The standard InChI is InChI=1S/C54H83N9O13S/c1-31(2)39(62(11)49(70)45(53(4,5)6)60-47(68)44(56-9)54(7,8)34-29-61(10)38-21-15-14-19-33(34)38)27-32(3)46(67)59-37(52(75)76)23-24-42(65)58-36(51(73)74)20-16-17-25-57-41(64)22-13-12-18-26-63-43(66)28-40(48(63)69)77-30-35(55)50(71)72/h14-15,19,21,27,29,31,35-37,39-40,44-45,56H,12-13,16-18,20,22-26,28,30,55H2,1-11H3,(H,57,64)(H,58,65)(H,59,67)(H,60,68)(H,71,72)(H,73,74)(H,75,76)/b32-27+/t35-,36-,37+,39+,40?,44+,45?/m0/s1. The van der Waals surface area contributed by atoms with Gasteiger partial charge in [-0.15, -0.1) is 11.8 Å². The number of nitrogens with one attached hydrogen (secondary N) is 5. The van der Waals surface area contributed by atoms with Crippen LogP contribution in [0.25, 0.3) is 10.9 Å². The maximum Gasteiger partial charge on any atom is 0.326 e. The summed E-state index contributed by atoms with van der Waals surface area (Å²) in [5.74, 6) is -7.37. The predicted molar refractivity (Wildman–Crippen MR) is 292 cm³/mol. The first-order valence-corrected chi connectivity index (χ1v) is 27.2. The van der Waals surface area contributed by atoms with Crippen LogP contribution in [-0.4, -0.2) is 163 Å². The molecule has 0 bridgehead atoms. The highest BCUT2D eigenvalue weighted by molar-refractivity contribution is 8.00. The monoisotopic (exact) mass is 1100 g/mol. The third kappa shape index (κ3) is 18.7. The highest BCUT2D eigenvalue weighted by Gasteiger charge is 2.43. The molecule has 0 aliphatic carbocycles. The zero-order valence-corrected chi connectivity index (χ0v) is 47.3. The Morgan fingerprint density at radius 3 is 2.06 bits per heavy atom. The second-order valence-corrected chi connectivity index (χ2v) is 23.1. The SMILES string of the molecule is CN[C@H](C(=O)NC(C(=O)N(C)[C@H](/C=C(\C)C(=O)N[C@H](CCC(=O)N[C@@H](CCCCNC(=O)CCCCCN1C(=O)CC(SC[C@H](N)C(=O)O)C1=O)C(=O)O)C(=O)O)C(C)C)C(C)(C)C)C(C)(C)c1cn(C)c2ccccc12. The second-order valence-electron chi connectivity index (χ2n) is 21.8. The van der Waals surface area contributed by atoms with Crippen molar-refractivity contribution < 1.29 is 63.3 Å². The van der Waals surface area contributed by atoms with Gasteiger partial charge < -0.3 is 57.1 Å². The van der Waals surface area contributed by atoms with E-state index in [0.717, 1.165) is 33.1 Å². The van der Waals surface area contributed by atoms with Crippen LogP contribution in [0, 0.1) is 11.3 Å². The zero-order chi connectivity index (χ0) is 58.1. The van der Waals surface area contributed by atoms with E-state index in [1.54, 1.807) is 20.2 Å². The number of fused-ring (bicyclic) bond motifs is 1. The molecule has 0 radical (unpaired) electrons. The molecule has 1 aliphatic rings. The Labute approximate surface area is 455 Å². The Morgan fingerprint density at radius 2 is 1.47 bits per heavy atom. The zero-order valence-electron chi connectivity index (χ0n) is 46.5. The maximum atomic E-state index is 14.5. The van der Waals surface area contributed by atoms with Gasteiger partial charge in [0.1, 0.15) is 24.2 Å². The molecule has 2 unspecified atom stereocenters. The highest BCUT2D eigenvalue weighted by Crippen LogP contribution is 2.35. The van der Waals surface area contributed by atoms with Crippen LogP contribution in [0.2, 0.25) is 0 Å². The van der Waals surface area contributed by atoms with Crippen LogP contribution in [0.4, 0.5) is 0 Å². The number of carboxylic acid groups (broad SMARTS) is 3. The van der Waals surface area contributed by atoms with Gasteiger partial charge in [-0.05, 0) is 75.5 Å². The summed E-state index contributed by atoms with van der Waals surface area (Å²) in [5.41, 5.74) is 6.10. The number of hydrogen-bond donors (Lipinski definition) is 9. The minimum absolute atomic E-state index is 0.00403. The van der Waals surface area contributed by atoms with Crippen molar-refractivity contribution in [2.75, 3.05) is 32.9 Å². The third-order valence-electron chi connectivity index (χ3n) is 13.9. The topological polar surface area (TPSA) is 329 Å². The summed E-state index contributed by atoms with van der Waals surface area (Å²) in [5, 5.41) is 42.9. The molecule has 22 nitrogen and oxygen atoms in total. The summed E-state index contributed by atoms with van der Waals surface area (Å²) in [4.78, 5) is 130. The number of rotatable bonds is 32. The number of carbonyl (C=O) groups excluding carboxylic acids is 7. The van der Waals surface area contributed by atoms with E-state index in [-0.39, 0.29) is 79.6 Å². The fraction of sp³-hybridized carbons (Fsp3) is 0.630. The van der Waals surface area contributed by atoms with E-state index < -0.39 is 94.4 Å². The average molecular weight is 1100 g/mol. The van der Waals surface area contributed by atoms with Gasteiger partial charge in [-0.1, -0.05) is 79.2 Å². The van der Waals surface area contributed by atoms with Crippen LogP contribution in [0.1, 0.15) is 125 Å². The second kappa shape index (κ2) is 29.4. The molecule has 0 saturated carbocycles. The van der Waals surface area contributed by atoms with Gasteiger partial charge in [0.25, 0.3) is 0 Å². The molecule has 7 atom stereocenters. The van der Waals surface area contributed by atoms with E-state index in [2.05, 4.69) is 26.6 Å². The molecule has 23 heteroatoms. The van der Waals surface area contributed by atoms with Crippen molar-refractivity contribution in [3.63, 3.8) is 0 Å². The van der Waals surface area contributed by atoms with Crippen molar-refractivity contribution in [3.05, 3.63) is 47.7 Å². The van der Waals surface area contributed by atoms with Crippen molar-refractivity contribution in [3.8, 4) is 0 Å². The van der Waals surface area contributed by atoms with Crippen molar-refractivity contribution in [2.24, 2.45) is 24.1 Å². The normalized spacial score (nSPS) is 16.6. The quantitative estimate of drug-likeness (QED) is 0.0289. The van der Waals surface area contributed by atoms with E-state index in [4.69, 9.17) is 10.8 Å². The number of thioether (sulfide) groups is 1. The molecule has 0 spiro atoms. The maximum absolute atomic E-state index is 14.5. The van der Waals surface area contributed by atoms with Gasteiger partial charge in [0, 0.05) is 80.3 Å². The van der Waals surface area contributed by atoms with Gasteiger partial charge in [-0.2, -0.15) is 0 Å². The molecular weight excluding hydrogens is 1010 g/mol. The molecule has 77 heavy (non-hydrogen) atoms. The van der Waals surface area contributed by atoms with Crippen LogP contribution in [0.3, 0.4) is 0 Å². The Balaban J connectivity index is 1.49. The van der Waals surface area contributed by atoms with E-state index in [0.29, 0.717) is 32.1 Å². The number of nitrogens with two attached hydrogens (primary N) is 1. The van der Waals surface area contributed by atoms with Gasteiger partial charge in [0.15, 0.2) is 0 Å². The van der Waals surface area contributed by atoms with E-state index in [1.165, 1.54) is 11.8 Å². The average Bonchev–Trinajstić information content (AvgIpc) is 3.84. The summed E-state index contributed by atoms with van der Waals surface area (Å²) < 4.78 is 2.02. The Morgan fingerprint density at radius 1 is 0.831 bits per heavy atom. The fourth-order valence-electron chi connectivity index (χ4n) is 9.30. The minimum atomic E-state index is -1.52. The number of imide groups is 1. The van der Waals surface area contributed by atoms with Gasteiger partial charge in [0.05, 0.1) is 17.3 Å². The number of nitrogens with zero attached hydrogens (tertiary/aromatic N) is 3. The smallest absolute Gasteiger partial charge is 0.326 e. The van der Waals surface area contributed by atoms with Gasteiger partial charge in [-0.3, -0.25) is 43.3 Å². The molecule has 1 saturated heterocycles. The molecule has 10 N–H and O–H groups in total. The minimum Gasteiger partial charge on any atom is -0.480 e. The number of para-hydroxylation sites is 1. The molecular formula is C54H83N9O13S. The van der Waals surface area contributed by atoms with Crippen LogP contribution < -0.4 is 32.3 Å². The summed E-state index contributed by atoms with van der Waals surface area (Å²) in [6.45, 7) is 15.1. The van der Waals surface area contributed by atoms with Crippen molar-refractivity contribution >= 4 is 81.9 Å². The molecule has 3 rings (SSSR count). The molecule has 428 valence electrons. The number of carboxylic acids is 3. The summed E-state index contributed by atoms with van der Waals surface area (Å²) in [6.07, 6.45) is 5.26. The predicted octanol–water partition coefficient (Wildman–Crippen LogP) is 3.04. The molecule has 7 amide bonds. The lowest BCUT2D eigenvalue weighted by Crippen LogP contribution is -2.61. The van der Waals surface area contributed by atoms with Crippen LogP contribution in [0.15, 0.2) is 42.1 Å². The van der Waals surface area contributed by atoms with Crippen molar-refractivity contribution in [1.29, 1.82) is 0 Å². The van der Waals surface area contributed by atoms with Crippen molar-refractivity contribution in [1.82, 2.24) is 41.0 Å². The number of aliphatic carboxylic acids is 3. The number of unbranched alkanes of at least 4 members (excludes halogenated alkanes) is 3. The number of hydrogen-bond acceptors (Lipinski definition) is 13. The lowest BCUT2D eigenvalue weighted by molar-refractivity contribution is -0.143. The Kier molecular flexibility index (Phi) is 24.8. The highest BCUT2D eigenvalue weighted by atomic mass is 32.2. The Hall–Kier alpha value is -6.33. The number of benzene rings is 1. The van der Waals surface area contributed by atoms with Crippen molar-refractivity contribution in [2.45, 2.75) is 167 Å². The van der Waals surface area contributed by atoms with Gasteiger partial charge >= 0.3 is 17.9 Å². The number of aromatic nitrogens is 1. The lowest BCUT2D eigenvalue weighted by Gasteiger charge is -2.39. The Bertz CT molecular complexity index is 2490. The van der Waals surface area contributed by atoms with Gasteiger partial charge in [0.2, 0.25) is 41.4 Å². The molecule has 2 aromatic rings. The van der Waals surface area contributed by atoms with Crippen LogP contribution in [0.5, 0.6) is 0 Å². The van der Waals surface area contributed by atoms with Crippen LogP contribution in [-0.2, 0) is 60.4 Å². The van der Waals surface area contributed by atoms with E-state index in [9.17, 15) is 58.2 Å². The number of likely N-dealkylation sites (N-methyl/N-ethyl adjacent to an activating group) is 2. The van der Waals surface area contributed by atoms with Crippen LogP contribution >= 0.6 is 11.8 Å². The van der Waals surface area contributed by atoms with E-state index in [1.807, 2.05) is 90.5 Å². The fourth-order valence-corrected chi connectivity index (χ4v) is 10.4. The first kappa shape index (κ1) is 65.0. The lowest BCUT2D eigenvalue weighted by atomic mass is 9.76. The summed E-state index contributed by atoms with van der Waals surface area (Å²) >= 11 is 1.05. The first-order chi connectivity index (χ1) is 35.9. The molecule has 1 fully saturated rings. The number of carbonyl (C=O) groups is 10. The number of likely N-dealkylation sites (tertiary alicyclic amines) is 1. The largest absolute Gasteiger partial charge is 0.480 e. The third-order valence-corrected chi connectivity index (χ3v) is 15.3. The first-order valence-electron chi connectivity index (χ1n) is 26.2. The molecule has 1 aliphatic heterocycles. The molecule has 1 aromatic heterocycles. The molecule has 1 aromatic carbocycles. The van der Waals surface area contributed by atoms with Gasteiger partial charge in [-0.25, -0.2) is 9.59 Å². The summed E-state index contributed by atoms with van der Waals surface area (Å²) in [7, 11) is 5.24. The summed E-state index contributed by atoms with van der Waals surface area (Å²) in [6, 6.07) is 1.57.